The number of aliphatic hydroxyl groups excluding tert-OH is 1. The third-order valence-corrected chi connectivity index (χ3v) is 4.83. The summed E-state index contributed by atoms with van der Waals surface area (Å²) in [7, 11) is 1.42. The fraction of sp³-hybridized carbons (Fsp3) is 0.333. The average molecular weight is 386 g/mol. The normalized spacial score (nSPS) is 25.1. The second-order valence-corrected chi connectivity index (χ2v) is 6.72. The molecular weight excluding hydrogens is 363 g/mol. The summed E-state index contributed by atoms with van der Waals surface area (Å²) in [4.78, 5) is 26.2. The van der Waals surface area contributed by atoms with E-state index in [1.165, 1.54) is 7.05 Å². The number of likely N-dealkylation sites (N-methyl/N-ethyl adjacent to an activating group) is 1. The minimum atomic E-state index is -1.90. The van der Waals surface area contributed by atoms with Crippen molar-refractivity contribution in [3.8, 4) is 0 Å². The van der Waals surface area contributed by atoms with Crippen LogP contribution in [0.25, 0.3) is 0 Å². The summed E-state index contributed by atoms with van der Waals surface area (Å²) in [5.41, 5.74) is 1.20. The van der Waals surface area contributed by atoms with Gasteiger partial charge in [-0.1, -0.05) is 48.5 Å². The first-order chi connectivity index (χ1) is 13.5. The number of aliphatic hydroxyl groups is 1. The zero-order valence-electron chi connectivity index (χ0n) is 15.5. The van der Waals surface area contributed by atoms with E-state index in [1.54, 1.807) is 35.2 Å². The number of amides is 1. The van der Waals surface area contributed by atoms with Crippen LogP contribution in [-0.2, 0) is 16.1 Å². The third kappa shape index (κ3) is 4.37. The number of nitrogens with zero attached hydrogens (tertiary/aromatic N) is 1. The van der Waals surface area contributed by atoms with Gasteiger partial charge in [0.2, 0.25) is 5.91 Å². The van der Waals surface area contributed by atoms with Crippen LogP contribution in [0.3, 0.4) is 0 Å². The monoisotopic (exact) mass is 386 g/mol. The van der Waals surface area contributed by atoms with Gasteiger partial charge in [0.05, 0.1) is 5.56 Å². The highest BCUT2D eigenvalue weighted by molar-refractivity contribution is 5.89. The molecule has 4 unspecified atom stereocenters. The molecule has 3 rings (SSSR count). The lowest BCUT2D eigenvalue weighted by Crippen LogP contribution is -2.64. The third-order valence-electron chi connectivity index (χ3n) is 4.83. The smallest absolute Gasteiger partial charge is 0.338 e. The van der Waals surface area contributed by atoms with Crippen molar-refractivity contribution in [2.75, 3.05) is 13.6 Å². The van der Waals surface area contributed by atoms with E-state index >= 15 is 0 Å². The summed E-state index contributed by atoms with van der Waals surface area (Å²) < 4.78 is 20.4. The number of esters is 1. The maximum absolute atomic E-state index is 15.0. The Labute approximate surface area is 162 Å². The lowest BCUT2D eigenvalue weighted by atomic mass is 9.93. The Balaban J connectivity index is 1.81. The van der Waals surface area contributed by atoms with Gasteiger partial charge in [0.25, 0.3) is 0 Å². The summed E-state index contributed by atoms with van der Waals surface area (Å²) in [6.07, 6.45) is -4.58. The summed E-state index contributed by atoms with van der Waals surface area (Å²) in [6.45, 7) is 0.318. The zero-order chi connectivity index (χ0) is 20.1. The van der Waals surface area contributed by atoms with Crippen LogP contribution >= 0.6 is 0 Å². The first-order valence-electron chi connectivity index (χ1n) is 9.09. The van der Waals surface area contributed by atoms with Crippen LogP contribution in [0, 0.1) is 0 Å². The number of piperidine rings is 1. The predicted octanol–water partition coefficient (Wildman–Crippen LogP) is 1.54. The van der Waals surface area contributed by atoms with E-state index in [2.05, 4.69) is 5.32 Å². The molecule has 0 saturated carbocycles. The maximum atomic E-state index is 15.0. The van der Waals surface area contributed by atoms with Gasteiger partial charge in [0.1, 0.15) is 18.2 Å². The highest BCUT2D eigenvalue weighted by atomic mass is 19.1. The van der Waals surface area contributed by atoms with Gasteiger partial charge in [-0.25, -0.2) is 9.18 Å². The Kier molecular flexibility index (Phi) is 6.38. The molecule has 28 heavy (non-hydrogen) atoms. The van der Waals surface area contributed by atoms with Gasteiger partial charge in [-0.15, -0.1) is 0 Å². The number of halogens is 1. The Hall–Kier alpha value is -2.77. The van der Waals surface area contributed by atoms with Crippen LogP contribution in [0.5, 0.6) is 0 Å². The first-order valence-corrected chi connectivity index (χ1v) is 9.09. The van der Waals surface area contributed by atoms with Gasteiger partial charge < -0.3 is 15.2 Å². The summed E-state index contributed by atoms with van der Waals surface area (Å²) >= 11 is 0. The summed E-state index contributed by atoms with van der Waals surface area (Å²) in [6, 6.07) is 16.4. The van der Waals surface area contributed by atoms with Crippen LogP contribution in [0.1, 0.15) is 15.9 Å². The molecule has 7 heteroatoms. The van der Waals surface area contributed by atoms with E-state index < -0.39 is 36.3 Å². The van der Waals surface area contributed by atoms with E-state index in [-0.39, 0.29) is 13.1 Å². The van der Waals surface area contributed by atoms with Crippen molar-refractivity contribution in [3.05, 3.63) is 71.8 Å². The molecule has 2 N–H and O–H groups in total. The fourth-order valence-electron chi connectivity index (χ4n) is 3.37. The number of hydrogen-bond acceptors (Lipinski definition) is 5. The minimum absolute atomic E-state index is 0.0349. The number of hydrogen-bond donors (Lipinski definition) is 2. The van der Waals surface area contributed by atoms with Crippen molar-refractivity contribution in [2.24, 2.45) is 0 Å². The molecule has 2 aromatic rings. The predicted molar refractivity (Wildman–Crippen MR) is 101 cm³/mol. The van der Waals surface area contributed by atoms with Crippen molar-refractivity contribution in [1.29, 1.82) is 0 Å². The number of likely N-dealkylation sites (tertiary alicyclic amines) is 1. The Morgan fingerprint density at radius 1 is 1.14 bits per heavy atom. The fourth-order valence-corrected chi connectivity index (χ4v) is 3.37. The second kappa shape index (κ2) is 8.95. The van der Waals surface area contributed by atoms with Gasteiger partial charge in [-0.05, 0) is 17.7 Å². The quantitative estimate of drug-likeness (QED) is 0.763. The number of carbonyl (C=O) groups excluding carboxylic acids is 2. The Bertz CT molecular complexity index is 803. The van der Waals surface area contributed by atoms with Gasteiger partial charge in [0.15, 0.2) is 6.17 Å². The van der Waals surface area contributed by atoms with Gasteiger partial charge in [-0.3, -0.25) is 9.69 Å². The molecule has 0 spiro atoms. The van der Waals surface area contributed by atoms with Gasteiger partial charge in [0, 0.05) is 20.1 Å². The van der Waals surface area contributed by atoms with Gasteiger partial charge in [-0.2, -0.15) is 0 Å². The molecule has 1 aliphatic rings. The minimum Gasteiger partial charge on any atom is -0.455 e. The first kappa shape index (κ1) is 20.0. The number of carbonyl (C=O) groups is 2. The molecule has 148 valence electrons. The molecule has 1 amide bonds. The van der Waals surface area contributed by atoms with Crippen molar-refractivity contribution in [2.45, 2.75) is 31.0 Å². The number of ether oxygens (including phenoxy) is 1. The van der Waals surface area contributed by atoms with Crippen LogP contribution in [0.15, 0.2) is 60.7 Å². The zero-order valence-corrected chi connectivity index (χ0v) is 15.5. The number of nitrogens with one attached hydrogen (secondary N) is 1. The maximum Gasteiger partial charge on any atom is 0.338 e. The molecule has 4 atom stereocenters. The lowest BCUT2D eigenvalue weighted by molar-refractivity contribution is -0.147. The molecule has 1 aliphatic heterocycles. The standard InChI is InChI=1S/C21H23FN2O4/c1-23-20(26)18-17(22)19(25)16(28-21(27)15-10-6-3-7-11-15)13-24(18)12-14-8-4-2-5-9-14/h2-11,16-19,25H,12-13H2,1H3,(H,23,26). The van der Waals surface area contributed by atoms with Crippen LogP contribution in [0.4, 0.5) is 4.39 Å². The van der Waals surface area contributed by atoms with Crippen LogP contribution in [0.2, 0.25) is 0 Å². The summed E-state index contributed by atoms with van der Waals surface area (Å²) in [5, 5.41) is 12.8. The Morgan fingerprint density at radius 3 is 2.36 bits per heavy atom. The SMILES string of the molecule is CNC(=O)C1C(F)C(O)C(OC(=O)c2ccccc2)CN1Cc1ccccc1. The van der Waals surface area contributed by atoms with Crippen molar-refractivity contribution < 1.29 is 23.8 Å². The van der Waals surface area contributed by atoms with Crippen molar-refractivity contribution in [1.82, 2.24) is 10.2 Å². The molecule has 1 fully saturated rings. The highest BCUT2D eigenvalue weighted by Gasteiger charge is 2.48. The van der Waals surface area contributed by atoms with E-state index in [1.807, 2.05) is 30.3 Å². The van der Waals surface area contributed by atoms with Crippen molar-refractivity contribution >= 4 is 11.9 Å². The number of alkyl halides is 1. The molecule has 2 aromatic carbocycles. The molecule has 0 aromatic heterocycles. The highest BCUT2D eigenvalue weighted by Crippen LogP contribution is 2.26. The van der Waals surface area contributed by atoms with Gasteiger partial charge >= 0.3 is 5.97 Å². The molecule has 1 heterocycles. The van der Waals surface area contributed by atoms with Crippen molar-refractivity contribution in [3.63, 3.8) is 0 Å². The van der Waals surface area contributed by atoms with E-state index in [0.717, 1.165) is 5.56 Å². The molecule has 0 aliphatic carbocycles. The number of rotatable bonds is 5. The average Bonchev–Trinajstić information content (AvgIpc) is 2.73. The van der Waals surface area contributed by atoms with E-state index in [4.69, 9.17) is 4.74 Å². The van der Waals surface area contributed by atoms with E-state index in [9.17, 15) is 19.1 Å². The molecular formula is C21H23FN2O4. The topological polar surface area (TPSA) is 78.9 Å². The van der Waals surface area contributed by atoms with Crippen LogP contribution < -0.4 is 5.32 Å². The second-order valence-electron chi connectivity index (χ2n) is 6.72. The van der Waals surface area contributed by atoms with E-state index in [0.29, 0.717) is 5.56 Å². The molecule has 0 bridgehead atoms. The van der Waals surface area contributed by atoms with Crippen LogP contribution in [-0.4, -0.2) is 59.9 Å². The summed E-state index contributed by atoms with van der Waals surface area (Å²) in [5.74, 6) is -1.18. The molecule has 6 nitrogen and oxygen atoms in total. The molecule has 0 radical (unpaired) electrons. The Morgan fingerprint density at radius 2 is 1.75 bits per heavy atom. The lowest BCUT2D eigenvalue weighted by Gasteiger charge is -2.42. The number of benzene rings is 2. The molecule has 1 saturated heterocycles. The largest absolute Gasteiger partial charge is 0.455 e.